The number of alkyl halides is 12. The molecule has 0 saturated carbocycles. The molecule has 0 aliphatic carbocycles. The van der Waals surface area contributed by atoms with Crippen molar-refractivity contribution in [2.45, 2.75) is 36.0 Å². The number of hydrogen-bond donors (Lipinski definition) is 0. The molecule has 120 valence electrons. The maximum absolute atomic E-state index is 12.6. The molecule has 0 saturated heterocycles. The van der Waals surface area contributed by atoms with E-state index >= 15 is 0 Å². The fourth-order valence-electron chi connectivity index (χ4n) is 0.827. The maximum atomic E-state index is 12.6. The first-order valence-corrected chi connectivity index (χ1v) is 4.14. The first kappa shape index (κ1) is 18.8. The lowest BCUT2D eigenvalue weighted by atomic mass is 9.95. The van der Waals surface area contributed by atoms with Gasteiger partial charge in [0.15, 0.2) is 6.29 Å². The lowest BCUT2D eigenvalue weighted by Gasteiger charge is -2.37. The zero-order chi connectivity index (χ0) is 16.8. The molecule has 0 amide bonds. The number of carbonyl (C=O) groups excluding carboxylic acids is 1. The van der Waals surface area contributed by atoms with Gasteiger partial charge >= 0.3 is 36.0 Å². The number of hydrogen-bond acceptors (Lipinski definition) is 1. The molecule has 0 heterocycles. The summed E-state index contributed by atoms with van der Waals surface area (Å²) in [6, 6.07) is 0. The summed E-state index contributed by atoms with van der Waals surface area (Å²) in [5.41, 5.74) is 0. The lowest BCUT2D eigenvalue weighted by Crippen LogP contribution is -2.68. The largest absolute Gasteiger partial charge is 0.385 e. The summed E-state index contributed by atoms with van der Waals surface area (Å²) in [4.78, 5) is 9.49. The van der Waals surface area contributed by atoms with Gasteiger partial charge in [0, 0.05) is 0 Å². The van der Waals surface area contributed by atoms with Gasteiger partial charge in [0.2, 0.25) is 0 Å². The standard InChI is InChI=1S/C7H2F12O/c8-2(9)4(12,13)6(16,17)7(18,19)5(14,15)3(10,11)1-20/h1-2H. The molecule has 0 atom stereocenters. The summed E-state index contributed by atoms with van der Waals surface area (Å²) in [6.07, 6.45) is -7.75. The quantitative estimate of drug-likeness (QED) is 0.537. The smallest absolute Gasteiger partial charge is 0.296 e. The van der Waals surface area contributed by atoms with E-state index in [4.69, 9.17) is 0 Å². The van der Waals surface area contributed by atoms with Crippen LogP contribution < -0.4 is 0 Å². The molecule has 0 aromatic heterocycles. The van der Waals surface area contributed by atoms with Gasteiger partial charge in [0.05, 0.1) is 0 Å². The Morgan fingerprint density at radius 2 is 1.00 bits per heavy atom. The van der Waals surface area contributed by atoms with E-state index in [9.17, 15) is 57.5 Å². The van der Waals surface area contributed by atoms with Gasteiger partial charge in [-0.3, -0.25) is 4.79 Å². The van der Waals surface area contributed by atoms with Crippen LogP contribution in [0.5, 0.6) is 0 Å². The van der Waals surface area contributed by atoms with Gasteiger partial charge in [-0.25, -0.2) is 8.78 Å². The Bertz CT molecular complexity index is 372. The third-order valence-electron chi connectivity index (χ3n) is 2.05. The van der Waals surface area contributed by atoms with E-state index in [0.29, 0.717) is 0 Å². The Hall–Kier alpha value is -1.17. The number of carbonyl (C=O) groups is 1. The molecule has 20 heavy (non-hydrogen) atoms. The van der Waals surface area contributed by atoms with Crippen LogP contribution in [0.25, 0.3) is 0 Å². The average molecular weight is 330 g/mol. The predicted molar refractivity (Wildman–Crippen MR) is 36.8 cm³/mol. The van der Waals surface area contributed by atoms with Gasteiger partial charge in [-0.15, -0.1) is 0 Å². The van der Waals surface area contributed by atoms with Crippen molar-refractivity contribution in [2.24, 2.45) is 0 Å². The van der Waals surface area contributed by atoms with Gasteiger partial charge in [-0.2, -0.15) is 43.9 Å². The molecule has 0 aromatic carbocycles. The number of rotatable bonds is 6. The fourth-order valence-corrected chi connectivity index (χ4v) is 0.827. The van der Waals surface area contributed by atoms with Crippen LogP contribution in [0.3, 0.4) is 0 Å². The van der Waals surface area contributed by atoms with Gasteiger partial charge in [-0.1, -0.05) is 0 Å². The summed E-state index contributed by atoms with van der Waals surface area (Å²) >= 11 is 0. The van der Waals surface area contributed by atoms with E-state index in [1.807, 2.05) is 0 Å². The van der Waals surface area contributed by atoms with Gasteiger partial charge < -0.3 is 0 Å². The summed E-state index contributed by atoms with van der Waals surface area (Å²) in [7, 11) is 0. The maximum Gasteiger partial charge on any atom is 0.385 e. The molecule has 1 nitrogen and oxygen atoms in total. The molecule has 13 heteroatoms. The molecule has 0 aromatic rings. The second-order valence-corrected chi connectivity index (χ2v) is 3.39. The topological polar surface area (TPSA) is 17.1 Å². The van der Waals surface area contributed by atoms with Crippen molar-refractivity contribution in [3.05, 3.63) is 0 Å². The molecule has 0 unspecified atom stereocenters. The molecular formula is C7H2F12O. The van der Waals surface area contributed by atoms with Crippen LogP contribution in [0.15, 0.2) is 0 Å². The highest BCUT2D eigenvalue weighted by Gasteiger charge is 2.87. The Morgan fingerprint density at radius 1 is 0.650 bits per heavy atom. The van der Waals surface area contributed by atoms with E-state index in [-0.39, 0.29) is 0 Å². The van der Waals surface area contributed by atoms with E-state index < -0.39 is 42.3 Å². The van der Waals surface area contributed by atoms with Crippen LogP contribution in [0.4, 0.5) is 52.7 Å². The minimum absolute atomic E-state index is 2.20. The normalized spacial score (nSPS) is 15.7. The molecule has 0 aliphatic rings. The highest BCUT2D eigenvalue weighted by Crippen LogP contribution is 2.57. The molecule has 0 radical (unpaired) electrons. The van der Waals surface area contributed by atoms with Crippen molar-refractivity contribution in [1.82, 2.24) is 0 Å². The van der Waals surface area contributed by atoms with Crippen LogP contribution in [-0.2, 0) is 4.79 Å². The minimum Gasteiger partial charge on any atom is -0.296 e. The minimum atomic E-state index is -7.63. The first-order valence-electron chi connectivity index (χ1n) is 4.14. The average Bonchev–Trinajstić information content (AvgIpc) is 2.27. The van der Waals surface area contributed by atoms with Crippen molar-refractivity contribution in [3.63, 3.8) is 0 Å². The fraction of sp³-hybridized carbons (Fsp3) is 0.857. The summed E-state index contributed by atoms with van der Waals surface area (Å²) < 4.78 is 147. The van der Waals surface area contributed by atoms with Gasteiger partial charge in [0.1, 0.15) is 0 Å². The molecule has 0 N–H and O–H groups in total. The monoisotopic (exact) mass is 330 g/mol. The first-order chi connectivity index (χ1) is 8.50. The van der Waals surface area contributed by atoms with Crippen LogP contribution in [0.2, 0.25) is 0 Å². The SMILES string of the molecule is O=CC(F)(F)C(F)(F)C(F)(F)C(F)(F)C(F)(F)C(F)F. The van der Waals surface area contributed by atoms with Crippen molar-refractivity contribution in [2.75, 3.05) is 0 Å². The Morgan fingerprint density at radius 3 is 1.25 bits per heavy atom. The van der Waals surface area contributed by atoms with Crippen LogP contribution in [0.1, 0.15) is 0 Å². The third kappa shape index (κ3) is 2.20. The summed E-state index contributed by atoms with van der Waals surface area (Å²) in [5, 5.41) is 0. The van der Waals surface area contributed by atoms with E-state index in [2.05, 4.69) is 0 Å². The zero-order valence-electron chi connectivity index (χ0n) is 8.60. The van der Waals surface area contributed by atoms with Crippen molar-refractivity contribution in [1.29, 1.82) is 0 Å². The third-order valence-corrected chi connectivity index (χ3v) is 2.05. The molecule has 0 rings (SSSR count). The van der Waals surface area contributed by atoms with Crippen molar-refractivity contribution >= 4 is 6.29 Å². The number of halogens is 12. The second-order valence-electron chi connectivity index (χ2n) is 3.39. The Kier molecular flexibility index (Phi) is 4.41. The Balaban J connectivity index is 6.04. The van der Waals surface area contributed by atoms with E-state index in [1.54, 1.807) is 0 Å². The molecule has 0 bridgehead atoms. The highest BCUT2D eigenvalue weighted by molar-refractivity contribution is 5.62. The van der Waals surface area contributed by atoms with Crippen LogP contribution >= 0.6 is 0 Å². The van der Waals surface area contributed by atoms with Gasteiger partial charge in [0.25, 0.3) is 0 Å². The molecule has 0 fully saturated rings. The molecule has 0 spiro atoms. The van der Waals surface area contributed by atoms with E-state index in [0.717, 1.165) is 0 Å². The van der Waals surface area contributed by atoms with Gasteiger partial charge in [-0.05, 0) is 0 Å². The summed E-state index contributed by atoms with van der Waals surface area (Å²) in [6.45, 7) is 0. The predicted octanol–water partition coefficient (Wildman–Crippen LogP) is 3.63. The van der Waals surface area contributed by atoms with Crippen LogP contribution in [0, 0.1) is 0 Å². The number of aldehydes is 1. The van der Waals surface area contributed by atoms with Crippen molar-refractivity contribution in [3.8, 4) is 0 Å². The van der Waals surface area contributed by atoms with E-state index in [1.165, 1.54) is 0 Å². The summed E-state index contributed by atoms with van der Waals surface area (Å²) in [5.74, 6) is -36.0. The highest BCUT2D eigenvalue weighted by atomic mass is 19.4. The molecular weight excluding hydrogens is 328 g/mol. The lowest BCUT2D eigenvalue weighted by molar-refractivity contribution is -0.405. The second kappa shape index (κ2) is 4.69. The molecule has 0 aliphatic heterocycles. The van der Waals surface area contributed by atoms with Crippen LogP contribution in [-0.4, -0.2) is 42.3 Å². The zero-order valence-corrected chi connectivity index (χ0v) is 8.60. The Labute approximate surface area is 101 Å². The van der Waals surface area contributed by atoms with Crippen molar-refractivity contribution < 1.29 is 57.5 Å².